The van der Waals surface area contributed by atoms with E-state index >= 15 is 0 Å². The third kappa shape index (κ3) is 4.11. The molecule has 0 radical (unpaired) electrons. The summed E-state index contributed by atoms with van der Waals surface area (Å²) in [6.45, 7) is 2.30. The zero-order chi connectivity index (χ0) is 12.1. The zero-order valence-electron chi connectivity index (χ0n) is 9.67. The van der Waals surface area contributed by atoms with Crippen molar-refractivity contribution < 1.29 is 14.6 Å². The molecule has 5 heteroatoms. The fourth-order valence-electron chi connectivity index (χ4n) is 2.08. The highest BCUT2D eigenvalue weighted by atomic mass is 32.1. The lowest BCUT2D eigenvalue weighted by molar-refractivity contribution is -0.138. The van der Waals surface area contributed by atoms with Crippen LogP contribution >= 0.6 is 11.3 Å². The number of carboxylic acid groups (broad SMARTS) is 1. The van der Waals surface area contributed by atoms with Crippen molar-refractivity contribution in [3.63, 3.8) is 0 Å². The average molecular weight is 255 g/mol. The Morgan fingerprint density at radius 1 is 1.65 bits per heavy atom. The van der Waals surface area contributed by atoms with Gasteiger partial charge in [0.1, 0.15) is 0 Å². The van der Waals surface area contributed by atoms with Crippen molar-refractivity contribution in [3.05, 3.63) is 22.4 Å². The van der Waals surface area contributed by atoms with Crippen molar-refractivity contribution in [1.29, 1.82) is 0 Å². The largest absolute Gasteiger partial charge is 0.480 e. The molecule has 17 heavy (non-hydrogen) atoms. The van der Waals surface area contributed by atoms with E-state index in [4.69, 9.17) is 9.84 Å². The fourth-order valence-corrected chi connectivity index (χ4v) is 2.82. The van der Waals surface area contributed by atoms with Crippen LogP contribution in [0.2, 0.25) is 0 Å². The first-order valence-electron chi connectivity index (χ1n) is 5.82. The molecule has 0 aliphatic carbocycles. The minimum absolute atomic E-state index is 0.0811. The van der Waals surface area contributed by atoms with Gasteiger partial charge >= 0.3 is 5.97 Å². The Morgan fingerprint density at radius 2 is 2.53 bits per heavy atom. The SMILES string of the molecule is O=C(O)CN(Cc1cccs1)C[C@H]1CCCO1. The maximum Gasteiger partial charge on any atom is 0.317 e. The van der Waals surface area contributed by atoms with Gasteiger partial charge in [-0.05, 0) is 24.3 Å². The highest BCUT2D eigenvalue weighted by molar-refractivity contribution is 7.09. The highest BCUT2D eigenvalue weighted by Crippen LogP contribution is 2.16. The van der Waals surface area contributed by atoms with E-state index in [2.05, 4.69) is 0 Å². The Morgan fingerprint density at radius 3 is 3.12 bits per heavy atom. The maximum atomic E-state index is 10.8. The van der Waals surface area contributed by atoms with Crippen molar-refractivity contribution in [2.45, 2.75) is 25.5 Å². The van der Waals surface area contributed by atoms with Gasteiger partial charge in [0.05, 0.1) is 12.6 Å². The van der Waals surface area contributed by atoms with Gasteiger partial charge in [-0.2, -0.15) is 0 Å². The lowest BCUT2D eigenvalue weighted by Crippen LogP contribution is -2.35. The first-order chi connectivity index (χ1) is 8.24. The second kappa shape index (κ2) is 6.14. The molecule has 0 unspecified atom stereocenters. The van der Waals surface area contributed by atoms with Crippen LogP contribution in [0.1, 0.15) is 17.7 Å². The molecule has 94 valence electrons. The molecule has 1 aliphatic rings. The van der Waals surface area contributed by atoms with E-state index in [1.807, 2.05) is 22.4 Å². The summed E-state index contributed by atoms with van der Waals surface area (Å²) in [5, 5.41) is 10.9. The van der Waals surface area contributed by atoms with E-state index in [1.54, 1.807) is 11.3 Å². The number of hydrogen-bond donors (Lipinski definition) is 1. The van der Waals surface area contributed by atoms with Crippen LogP contribution < -0.4 is 0 Å². The average Bonchev–Trinajstić information content (AvgIpc) is 2.89. The third-order valence-corrected chi connectivity index (χ3v) is 3.67. The summed E-state index contributed by atoms with van der Waals surface area (Å²) in [6.07, 6.45) is 2.33. The number of carboxylic acids is 1. The Bertz CT molecular complexity index is 347. The molecule has 0 amide bonds. The maximum absolute atomic E-state index is 10.8. The fraction of sp³-hybridized carbons (Fsp3) is 0.583. The smallest absolute Gasteiger partial charge is 0.317 e. The van der Waals surface area contributed by atoms with Crippen LogP contribution in [-0.2, 0) is 16.1 Å². The van der Waals surface area contributed by atoms with Gasteiger partial charge in [-0.15, -0.1) is 11.3 Å². The number of rotatable bonds is 6. The van der Waals surface area contributed by atoms with Crippen LogP contribution in [0, 0.1) is 0 Å². The molecule has 1 aromatic heterocycles. The molecule has 4 nitrogen and oxygen atoms in total. The number of ether oxygens (including phenoxy) is 1. The predicted octanol–water partition coefficient (Wildman–Crippen LogP) is 1.81. The molecule has 0 bridgehead atoms. The first kappa shape index (κ1) is 12.5. The van der Waals surface area contributed by atoms with Gasteiger partial charge < -0.3 is 9.84 Å². The summed E-state index contributed by atoms with van der Waals surface area (Å²) in [5.74, 6) is -0.778. The quantitative estimate of drug-likeness (QED) is 0.842. The van der Waals surface area contributed by atoms with E-state index in [-0.39, 0.29) is 12.6 Å². The predicted molar refractivity (Wildman–Crippen MR) is 66.2 cm³/mol. The number of hydrogen-bond acceptors (Lipinski definition) is 4. The summed E-state index contributed by atoms with van der Waals surface area (Å²) < 4.78 is 5.55. The summed E-state index contributed by atoms with van der Waals surface area (Å²) in [7, 11) is 0. The molecule has 1 fully saturated rings. The van der Waals surface area contributed by atoms with E-state index in [9.17, 15) is 4.79 Å². The van der Waals surface area contributed by atoms with Crippen LogP contribution in [0.25, 0.3) is 0 Å². The zero-order valence-corrected chi connectivity index (χ0v) is 10.5. The number of carbonyl (C=O) groups is 1. The molecular formula is C12H17NO3S. The minimum atomic E-state index is -0.778. The summed E-state index contributed by atoms with van der Waals surface area (Å²) in [4.78, 5) is 14.0. The number of thiophene rings is 1. The summed E-state index contributed by atoms with van der Waals surface area (Å²) in [6, 6.07) is 4.03. The number of nitrogens with zero attached hydrogens (tertiary/aromatic N) is 1. The summed E-state index contributed by atoms with van der Waals surface area (Å²) >= 11 is 1.66. The molecule has 0 spiro atoms. The molecular weight excluding hydrogens is 238 g/mol. The van der Waals surface area contributed by atoms with Crippen molar-refractivity contribution in [1.82, 2.24) is 4.90 Å². The van der Waals surface area contributed by atoms with E-state index in [1.165, 1.54) is 4.88 Å². The van der Waals surface area contributed by atoms with E-state index in [0.29, 0.717) is 13.1 Å². The van der Waals surface area contributed by atoms with Crippen molar-refractivity contribution in [2.24, 2.45) is 0 Å². The Hall–Kier alpha value is -0.910. The van der Waals surface area contributed by atoms with Gasteiger partial charge in [-0.3, -0.25) is 9.69 Å². The molecule has 0 saturated carbocycles. The topological polar surface area (TPSA) is 49.8 Å². The molecule has 2 rings (SSSR count). The molecule has 0 aromatic carbocycles. The first-order valence-corrected chi connectivity index (χ1v) is 6.70. The van der Waals surface area contributed by atoms with Crippen molar-refractivity contribution >= 4 is 17.3 Å². The lowest BCUT2D eigenvalue weighted by Gasteiger charge is -2.22. The molecule has 1 N–H and O–H groups in total. The van der Waals surface area contributed by atoms with Crippen LogP contribution in [0.4, 0.5) is 0 Å². The molecule has 2 heterocycles. The van der Waals surface area contributed by atoms with Gasteiger partial charge in [0.25, 0.3) is 0 Å². The van der Waals surface area contributed by atoms with Crippen LogP contribution in [0.3, 0.4) is 0 Å². The van der Waals surface area contributed by atoms with Crippen LogP contribution in [-0.4, -0.2) is 41.8 Å². The van der Waals surface area contributed by atoms with E-state index < -0.39 is 5.97 Å². The normalized spacial score (nSPS) is 19.9. The van der Waals surface area contributed by atoms with Gasteiger partial charge in [-0.25, -0.2) is 0 Å². The van der Waals surface area contributed by atoms with Gasteiger partial charge in [0.15, 0.2) is 0 Å². The van der Waals surface area contributed by atoms with Gasteiger partial charge in [0, 0.05) is 24.6 Å². The highest BCUT2D eigenvalue weighted by Gasteiger charge is 2.20. The number of aliphatic carboxylic acids is 1. The molecule has 1 aliphatic heterocycles. The monoisotopic (exact) mass is 255 g/mol. The van der Waals surface area contributed by atoms with Gasteiger partial charge in [-0.1, -0.05) is 6.07 Å². The third-order valence-electron chi connectivity index (χ3n) is 2.80. The minimum Gasteiger partial charge on any atom is -0.480 e. The van der Waals surface area contributed by atoms with Crippen molar-refractivity contribution in [3.8, 4) is 0 Å². The van der Waals surface area contributed by atoms with Gasteiger partial charge in [0.2, 0.25) is 0 Å². The standard InChI is InChI=1S/C12H17NO3S/c14-12(15)9-13(7-10-3-1-5-16-10)8-11-4-2-6-17-11/h2,4,6,10H,1,3,5,7-9H2,(H,14,15)/t10-/m1/s1. The van der Waals surface area contributed by atoms with Crippen molar-refractivity contribution in [2.75, 3.05) is 19.7 Å². The van der Waals surface area contributed by atoms with Crippen LogP contribution in [0.15, 0.2) is 17.5 Å². The molecule has 1 saturated heterocycles. The molecule has 1 atom stereocenters. The second-order valence-corrected chi connectivity index (χ2v) is 5.31. The van der Waals surface area contributed by atoms with Crippen LogP contribution in [0.5, 0.6) is 0 Å². The molecule has 1 aromatic rings. The van der Waals surface area contributed by atoms with E-state index in [0.717, 1.165) is 19.4 Å². The Labute approximate surface area is 105 Å². The second-order valence-electron chi connectivity index (χ2n) is 4.28. The lowest BCUT2D eigenvalue weighted by atomic mass is 10.2. The Balaban J connectivity index is 1.89. The Kier molecular flexibility index (Phi) is 4.53. The summed E-state index contributed by atoms with van der Waals surface area (Å²) in [5.41, 5.74) is 0.